The number of carbonyl (C=O) groups is 1. The maximum atomic E-state index is 12.3. The third kappa shape index (κ3) is 5.04. The molecular weight excluding hydrogens is 340 g/mol. The Labute approximate surface area is 148 Å². The van der Waals surface area contributed by atoms with Gasteiger partial charge in [-0.2, -0.15) is 0 Å². The number of hydrogen-bond donors (Lipinski definition) is 1. The summed E-state index contributed by atoms with van der Waals surface area (Å²) in [7, 11) is -2.12. The van der Waals surface area contributed by atoms with Gasteiger partial charge in [-0.05, 0) is 48.9 Å². The monoisotopic (exact) mass is 362 g/mol. The van der Waals surface area contributed by atoms with Crippen molar-refractivity contribution in [3.05, 3.63) is 54.1 Å². The average Bonchev–Trinajstić information content (AvgIpc) is 2.58. The van der Waals surface area contributed by atoms with Gasteiger partial charge in [-0.3, -0.25) is 4.79 Å². The van der Waals surface area contributed by atoms with Crippen LogP contribution in [-0.4, -0.2) is 34.5 Å². The summed E-state index contributed by atoms with van der Waals surface area (Å²) in [5, 5.41) is 0. The van der Waals surface area contributed by atoms with E-state index in [1.54, 1.807) is 17.0 Å². The topological polar surface area (TPSA) is 75.7 Å². The molecule has 2 aromatic carbocycles. The van der Waals surface area contributed by atoms with Crippen molar-refractivity contribution in [1.82, 2.24) is 4.72 Å². The molecule has 0 aliphatic rings. The number of carbonyl (C=O) groups excluding carboxylic acids is 1. The lowest BCUT2D eigenvalue weighted by Gasteiger charge is -2.21. The van der Waals surface area contributed by atoms with Crippen LogP contribution in [0.25, 0.3) is 0 Å². The van der Waals surface area contributed by atoms with Gasteiger partial charge in [0, 0.05) is 25.7 Å². The van der Waals surface area contributed by atoms with Gasteiger partial charge in [0.25, 0.3) is 0 Å². The van der Waals surface area contributed by atoms with Crippen molar-refractivity contribution in [3.63, 3.8) is 0 Å². The van der Waals surface area contributed by atoms with Crippen LogP contribution in [0.1, 0.15) is 12.5 Å². The highest BCUT2D eigenvalue weighted by Crippen LogP contribution is 2.17. The van der Waals surface area contributed by atoms with Gasteiger partial charge in [0.15, 0.2) is 0 Å². The fraction of sp³-hybridized carbons (Fsp3) is 0.278. The number of sulfonamides is 1. The number of aryl methyl sites for hydroxylation is 1. The highest BCUT2D eigenvalue weighted by molar-refractivity contribution is 7.89. The summed E-state index contributed by atoms with van der Waals surface area (Å²) in [5.41, 5.74) is 1.78. The SMILES string of the molecule is COc1ccc(S(=O)(=O)NCCN(C(C)=O)c2cccc(C)c2)cc1. The summed E-state index contributed by atoms with van der Waals surface area (Å²) in [4.78, 5) is 13.6. The van der Waals surface area contributed by atoms with Crippen LogP contribution in [0.3, 0.4) is 0 Å². The van der Waals surface area contributed by atoms with Crippen LogP contribution in [0.4, 0.5) is 5.69 Å². The molecule has 7 heteroatoms. The average molecular weight is 362 g/mol. The van der Waals surface area contributed by atoms with Crippen molar-refractivity contribution in [2.45, 2.75) is 18.7 Å². The Morgan fingerprint density at radius 1 is 1.16 bits per heavy atom. The first kappa shape index (κ1) is 19.0. The van der Waals surface area contributed by atoms with Gasteiger partial charge in [0.05, 0.1) is 12.0 Å². The van der Waals surface area contributed by atoms with Crippen LogP contribution in [0.2, 0.25) is 0 Å². The fourth-order valence-electron chi connectivity index (χ4n) is 2.39. The largest absolute Gasteiger partial charge is 0.497 e. The fourth-order valence-corrected chi connectivity index (χ4v) is 3.42. The van der Waals surface area contributed by atoms with E-state index in [9.17, 15) is 13.2 Å². The Morgan fingerprint density at radius 2 is 1.84 bits per heavy atom. The Morgan fingerprint density at radius 3 is 2.40 bits per heavy atom. The molecule has 6 nitrogen and oxygen atoms in total. The summed E-state index contributed by atoms with van der Waals surface area (Å²) >= 11 is 0. The molecule has 0 saturated heterocycles. The highest BCUT2D eigenvalue weighted by Gasteiger charge is 2.16. The first-order valence-corrected chi connectivity index (χ1v) is 9.30. The van der Waals surface area contributed by atoms with Gasteiger partial charge in [-0.25, -0.2) is 13.1 Å². The molecule has 0 atom stereocenters. The maximum Gasteiger partial charge on any atom is 0.240 e. The lowest BCUT2D eigenvalue weighted by molar-refractivity contribution is -0.116. The van der Waals surface area contributed by atoms with Crippen molar-refractivity contribution in [2.24, 2.45) is 0 Å². The molecular formula is C18H22N2O4S. The van der Waals surface area contributed by atoms with Crippen molar-refractivity contribution >= 4 is 21.6 Å². The van der Waals surface area contributed by atoms with Gasteiger partial charge in [0.1, 0.15) is 5.75 Å². The number of anilines is 1. The zero-order valence-electron chi connectivity index (χ0n) is 14.5. The summed E-state index contributed by atoms with van der Waals surface area (Å²) in [6, 6.07) is 13.6. The second-order valence-corrected chi connectivity index (χ2v) is 7.35. The Kier molecular flexibility index (Phi) is 6.17. The van der Waals surface area contributed by atoms with E-state index in [2.05, 4.69) is 4.72 Å². The van der Waals surface area contributed by atoms with Crippen molar-refractivity contribution in [3.8, 4) is 5.75 Å². The molecule has 25 heavy (non-hydrogen) atoms. The lowest BCUT2D eigenvalue weighted by Crippen LogP contribution is -2.37. The van der Waals surface area contributed by atoms with Crippen molar-refractivity contribution in [1.29, 1.82) is 0 Å². The first-order valence-electron chi connectivity index (χ1n) is 7.82. The number of nitrogens with zero attached hydrogens (tertiary/aromatic N) is 1. The normalized spacial score (nSPS) is 11.2. The molecule has 0 fully saturated rings. The molecule has 0 saturated carbocycles. The van der Waals surface area contributed by atoms with Gasteiger partial charge in [0.2, 0.25) is 15.9 Å². The van der Waals surface area contributed by atoms with Crippen LogP contribution in [0, 0.1) is 6.92 Å². The van der Waals surface area contributed by atoms with E-state index < -0.39 is 10.0 Å². The number of amides is 1. The molecule has 0 aliphatic carbocycles. The Hall–Kier alpha value is -2.38. The summed E-state index contributed by atoms with van der Waals surface area (Å²) in [5.74, 6) is 0.440. The zero-order chi connectivity index (χ0) is 18.4. The molecule has 0 heterocycles. The molecule has 2 aromatic rings. The third-order valence-corrected chi connectivity index (χ3v) is 5.17. The van der Waals surface area contributed by atoms with Crippen LogP contribution >= 0.6 is 0 Å². The number of benzene rings is 2. The summed E-state index contributed by atoms with van der Waals surface area (Å²) in [6.07, 6.45) is 0. The summed E-state index contributed by atoms with van der Waals surface area (Å²) in [6.45, 7) is 3.75. The second-order valence-electron chi connectivity index (χ2n) is 5.58. The first-order chi connectivity index (χ1) is 11.8. The molecule has 2 rings (SSSR count). The minimum absolute atomic E-state index is 0.113. The molecule has 1 amide bonds. The van der Waals surface area contributed by atoms with Crippen molar-refractivity contribution < 1.29 is 17.9 Å². The van der Waals surface area contributed by atoms with Crippen LogP contribution in [-0.2, 0) is 14.8 Å². The molecule has 0 radical (unpaired) electrons. The molecule has 134 valence electrons. The van der Waals surface area contributed by atoms with Gasteiger partial charge >= 0.3 is 0 Å². The molecule has 0 aromatic heterocycles. The summed E-state index contributed by atoms with van der Waals surface area (Å²) < 4.78 is 32.2. The number of nitrogens with one attached hydrogen (secondary N) is 1. The van der Waals surface area contributed by atoms with Gasteiger partial charge < -0.3 is 9.64 Å². The van der Waals surface area contributed by atoms with E-state index in [-0.39, 0.29) is 23.9 Å². The van der Waals surface area contributed by atoms with E-state index >= 15 is 0 Å². The Balaban J connectivity index is 2.04. The van der Waals surface area contributed by atoms with Gasteiger partial charge in [-0.15, -0.1) is 0 Å². The maximum absolute atomic E-state index is 12.3. The zero-order valence-corrected chi connectivity index (χ0v) is 15.3. The van der Waals surface area contributed by atoms with Crippen LogP contribution in [0.15, 0.2) is 53.4 Å². The predicted octanol–water partition coefficient (Wildman–Crippen LogP) is 2.34. The number of ether oxygens (including phenoxy) is 1. The van der Waals surface area contributed by atoms with Crippen LogP contribution in [0.5, 0.6) is 5.75 Å². The number of hydrogen-bond acceptors (Lipinski definition) is 4. The standard InChI is InChI=1S/C18H22N2O4S/c1-14-5-4-6-16(13-14)20(15(2)21)12-11-19-25(22,23)18-9-7-17(24-3)8-10-18/h4-10,13,19H,11-12H2,1-3H3. The van der Waals surface area contributed by atoms with E-state index in [1.165, 1.54) is 26.2 Å². The minimum atomic E-state index is -3.64. The smallest absolute Gasteiger partial charge is 0.240 e. The van der Waals surface area contributed by atoms with E-state index in [0.29, 0.717) is 5.75 Å². The third-order valence-electron chi connectivity index (χ3n) is 3.69. The molecule has 0 bridgehead atoms. The van der Waals surface area contributed by atoms with E-state index in [4.69, 9.17) is 4.74 Å². The lowest BCUT2D eigenvalue weighted by atomic mass is 10.2. The van der Waals surface area contributed by atoms with E-state index in [0.717, 1.165) is 11.3 Å². The Bertz CT molecular complexity index is 832. The molecule has 0 unspecified atom stereocenters. The van der Waals surface area contributed by atoms with Crippen molar-refractivity contribution in [2.75, 3.05) is 25.1 Å². The minimum Gasteiger partial charge on any atom is -0.497 e. The molecule has 1 N–H and O–H groups in total. The molecule has 0 aliphatic heterocycles. The number of methoxy groups -OCH3 is 1. The molecule has 0 spiro atoms. The van der Waals surface area contributed by atoms with Crippen LogP contribution < -0.4 is 14.4 Å². The second kappa shape index (κ2) is 8.13. The highest BCUT2D eigenvalue weighted by atomic mass is 32.2. The van der Waals surface area contributed by atoms with E-state index in [1.807, 2.05) is 31.2 Å². The number of rotatable bonds is 7. The predicted molar refractivity (Wildman–Crippen MR) is 97.4 cm³/mol. The quantitative estimate of drug-likeness (QED) is 0.820. The van der Waals surface area contributed by atoms with Gasteiger partial charge in [-0.1, -0.05) is 12.1 Å².